The van der Waals surface area contributed by atoms with E-state index in [2.05, 4.69) is 84.5 Å². The molecule has 3 aromatic heterocycles. The Morgan fingerprint density at radius 1 is 0.543 bits per heavy atom. The molecule has 0 aliphatic heterocycles. The van der Waals surface area contributed by atoms with Gasteiger partial charge in [0.1, 0.15) is 5.75 Å². The maximum atomic E-state index is 5.89. The lowest BCUT2D eigenvalue weighted by atomic mass is 10.0. The van der Waals surface area contributed by atoms with Crippen LogP contribution in [0.25, 0.3) is 45.0 Å². The summed E-state index contributed by atoms with van der Waals surface area (Å²) in [7, 11) is 0. The van der Waals surface area contributed by atoms with Crippen LogP contribution in [0.4, 0.5) is 0 Å². The Bertz CT molecular complexity index is 1350. The summed E-state index contributed by atoms with van der Waals surface area (Å²) in [6, 6.07) is 29.1. The zero-order valence-electron chi connectivity index (χ0n) is 20.2. The topological polar surface area (TPSA) is 47.9 Å². The first-order chi connectivity index (χ1) is 17.1. The van der Waals surface area contributed by atoms with Gasteiger partial charge in [-0.15, -0.1) is 0 Å². The van der Waals surface area contributed by atoms with E-state index in [1.54, 1.807) is 0 Å². The van der Waals surface area contributed by atoms with Crippen LogP contribution >= 0.6 is 0 Å². The summed E-state index contributed by atoms with van der Waals surface area (Å²) in [5.74, 6) is 0.748. The average molecular weight is 458 g/mol. The van der Waals surface area contributed by atoms with E-state index >= 15 is 0 Å². The number of aromatic nitrogens is 3. The summed E-state index contributed by atoms with van der Waals surface area (Å²) in [5.41, 5.74) is 10.0. The number of nitrogens with zero attached hydrogens (tertiary/aromatic N) is 3. The van der Waals surface area contributed by atoms with Crippen molar-refractivity contribution >= 4 is 0 Å². The standard InChI is InChI=1S/C31H27N3O/c1-4-35-27-19-30(28-17-25(13-15-32-28)23-9-5-21(2)6-10-23)34-31(20-27)29-18-26(14-16-33-29)24-11-7-22(3)8-12-24/h5-20H,4H2,1-3H3. The van der Waals surface area contributed by atoms with Gasteiger partial charge >= 0.3 is 0 Å². The molecule has 0 fully saturated rings. The van der Waals surface area contributed by atoms with Gasteiger partial charge in [-0.2, -0.15) is 0 Å². The fourth-order valence-corrected chi connectivity index (χ4v) is 4.01. The third-order valence-corrected chi connectivity index (χ3v) is 5.92. The highest BCUT2D eigenvalue weighted by molar-refractivity contribution is 5.73. The molecule has 0 N–H and O–H groups in total. The van der Waals surface area contributed by atoms with Crippen LogP contribution in [0.15, 0.2) is 97.3 Å². The molecule has 2 aromatic carbocycles. The van der Waals surface area contributed by atoms with E-state index in [0.29, 0.717) is 6.61 Å². The second-order valence-corrected chi connectivity index (χ2v) is 8.60. The summed E-state index contributed by atoms with van der Waals surface area (Å²) in [4.78, 5) is 14.2. The van der Waals surface area contributed by atoms with Crippen molar-refractivity contribution in [1.82, 2.24) is 15.0 Å². The Morgan fingerprint density at radius 3 is 1.43 bits per heavy atom. The molecule has 0 bridgehead atoms. The Morgan fingerprint density at radius 2 is 1.00 bits per heavy atom. The summed E-state index contributed by atoms with van der Waals surface area (Å²) in [6.45, 7) is 6.73. The summed E-state index contributed by atoms with van der Waals surface area (Å²) >= 11 is 0. The molecule has 5 aromatic rings. The Hall–Kier alpha value is -4.31. The highest BCUT2D eigenvalue weighted by atomic mass is 16.5. The first-order valence-corrected chi connectivity index (χ1v) is 11.8. The van der Waals surface area contributed by atoms with E-state index in [0.717, 1.165) is 50.8 Å². The van der Waals surface area contributed by atoms with E-state index in [-0.39, 0.29) is 0 Å². The Labute approximate surface area is 206 Å². The number of hydrogen-bond acceptors (Lipinski definition) is 4. The molecule has 4 heteroatoms. The lowest BCUT2D eigenvalue weighted by Crippen LogP contribution is -1.97. The number of rotatable bonds is 6. The molecule has 172 valence electrons. The SMILES string of the molecule is CCOc1cc(-c2cc(-c3ccc(C)cc3)ccn2)nc(-c2cc(-c3ccc(C)cc3)ccn2)c1. The van der Waals surface area contributed by atoms with Crippen molar-refractivity contribution in [3.63, 3.8) is 0 Å². The zero-order chi connectivity index (χ0) is 24.2. The van der Waals surface area contributed by atoms with Crippen molar-refractivity contribution in [3.8, 4) is 50.8 Å². The molecule has 35 heavy (non-hydrogen) atoms. The van der Waals surface area contributed by atoms with Crippen LogP contribution in [0, 0.1) is 13.8 Å². The highest BCUT2D eigenvalue weighted by Crippen LogP contribution is 2.31. The van der Waals surface area contributed by atoms with Crippen LogP contribution in [-0.2, 0) is 0 Å². The predicted octanol–water partition coefficient (Wildman–Crippen LogP) is 7.56. The maximum absolute atomic E-state index is 5.89. The van der Waals surface area contributed by atoms with Crippen LogP contribution in [0.1, 0.15) is 18.1 Å². The van der Waals surface area contributed by atoms with Gasteiger partial charge in [0.2, 0.25) is 0 Å². The Balaban J connectivity index is 1.56. The second kappa shape index (κ2) is 9.90. The summed E-state index contributed by atoms with van der Waals surface area (Å²) < 4.78 is 5.89. The van der Waals surface area contributed by atoms with E-state index in [1.807, 2.05) is 43.6 Å². The monoisotopic (exact) mass is 457 g/mol. The summed E-state index contributed by atoms with van der Waals surface area (Å²) in [6.07, 6.45) is 3.66. The van der Waals surface area contributed by atoms with Crippen molar-refractivity contribution in [3.05, 3.63) is 108 Å². The molecule has 0 radical (unpaired) electrons. The highest BCUT2D eigenvalue weighted by Gasteiger charge is 2.12. The Kier molecular flexibility index (Phi) is 6.36. The molecule has 0 saturated carbocycles. The van der Waals surface area contributed by atoms with Gasteiger partial charge < -0.3 is 4.74 Å². The molecule has 0 aliphatic carbocycles. The molecule has 5 rings (SSSR count). The fourth-order valence-electron chi connectivity index (χ4n) is 4.01. The summed E-state index contributed by atoms with van der Waals surface area (Å²) in [5, 5.41) is 0. The van der Waals surface area contributed by atoms with Crippen molar-refractivity contribution in [2.24, 2.45) is 0 Å². The smallest absolute Gasteiger partial charge is 0.123 e. The van der Waals surface area contributed by atoms with Gasteiger partial charge in [-0.3, -0.25) is 9.97 Å². The molecule has 0 spiro atoms. The minimum atomic E-state index is 0.566. The quantitative estimate of drug-likeness (QED) is 0.264. The number of hydrogen-bond donors (Lipinski definition) is 0. The average Bonchev–Trinajstić information content (AvgIpc) is 2.90. The molecular weight excluding hydrogens is 430 g/mol. The minimum absolute atomic E-state index is 0.566. The molecule has 0 atom stereocenters. The number of aryl methyl sites for hydroxylation is 2. The number of benzene rings is 2. The van der Waals surface area contributed by atoms with Gasteiger partial charge in [0.05, 0.1) is 29.4 Å². The third kappa shape index (κ3) is 5.12. The second-order valence-electron chi connectivity index (χ2n) is 8.60. The van der Waals surface area contributed by atoms with E-state index in [1.165, 1.54) is 11.1 Å². The molecule has 0 unspecified atom stereocenters. The van der Waals surface area contributed by atoms with Crippen LogP contribution in [0.2, 0.25) is 0 Å². The largest absolute Gasteiger partial charge is 0.494 e. The lowest BCUT2D eigenvalue weighted by Gasteiger charge is -2.11. The van der Waals surface area contributed by atoms with Crippen LogP contribution in [0.5, 0.6) is 5.75 Å². The van der Waals surface area contributed by atoms with Gasteiger partial charge in [0.15, 0.2) is 0 Å². The van der Waals surface area contributed by atoms with Crippen molar-refractivity contribution in [1.29, 1.82) is 0 Å². The van der Waals surface area contributed by atoms with Crippen molar-refractivity contribution in [2.75, 3.05) is 6.61 Å². The first-order valence-electron chi connectivity index (χ1n) is 11.8. The van der Waals surface area contributed by atoms with Crippen molar-refractivity contribution < 1.29 is 4.74 Å². The van der Waals surface area contributed by atoms with Gasteiger partial charge in [0, 0.05) is 24.5 Å². The lowest BCUT2D eigenvalue weighted by molar-refractivity contribution is 0.340. The predicted molar refractivity (Wildman–Crippen MR) is 142 cm³/mol. The number of ether oxygens (including phenoxy) is 1. The van der Waals surface area contributed by atoms with E-state index in [4.69, 9.17) is 9.72 Å². The molecule has 0 saturated heterocycles. The van der Waals surface area contributed by atoms with Gasteiger partial charge in [0.25, 0.3) is 0 Å². The zero-order valence-corrected chi connectivity index (χ0v) is 20.2. The molecule has 3 heterocycles. The van der Waals surface area contributed by atoms with Gasteiger partial charge in [-0.25, -0.2) is 4.98 Å². The number of pyridine rings is 3. The first kappa shape index (κ1) is 22.5. The molecule has 0 amide bonds. The van der Waals surface area contributed by atoms with Crippen molar-refractivity contribution in [2.45, 2.75) is 20.8 Å². The third-order valence-electron chi connectivity index (χ3n) is 5.92. The van der Waals surface area contributed by atoms with E-state index < -0.39 is 0 Å². The molecular formula is C31H27N3O. The van der Waals surface area contributed by atoms with Gasteiger partial charge in [-0.1, -0.05) is 59.7 Å². The van der Waals surface area contributed by atoms with Crippen LogP contribution in [0.3, 0.4) is 0 Å². The van der Waals surface area contributed by atoms with Crippen LogP contribution < -0.4 is 4.74 Å². The normalized spacial score (nSPS) is 10.8. The molecule has 0 aliphatic rings. The van der Waals surface area contributed by atoms with Gasteiger partial charge in [-0.05, 0) is 67.3 Å². The maximum Gasteiger partial charge on any atom is 0.123 e. The minimum Gasteiger partial charge on any atom is -0.494 e. The molecule has 4 nitrogen and oxygen atoms in total. The fraction of sp³-hybridized carbons (Fsp3) is 0.129. The van der Waals surface area contributed by atoms with E-state index in [9.17, 15) is 0 Å². The van der Waals surface area contributed by atoms with Crippen LogP contribution in [-0.4, -0.2) is 21.6 Å².